The number of carbonyl (C=O) groups excluding carboxylic acids is 1. The number of hydrogen-bond acceptors (Lipinski definition) is 7. The zero-order valence-corrected chi connectivity index (χ0v) is 11.6. The Labute approximate surface area is 121 Å². The van der Waals surface area contributed by atoms with Crippen molar-refractivity contribution in [1.82, 2.24) is 19.7 Å². The minimum atomic E-state index is -0.440. The number of fused-ring (bicyclic) bond motifs is 1. The standard InChI is InChI=1S/C12H17N7O2/c1-14-12(20)8-7-21-5-4-19(8)11-10-15-2-3-18(10)6-9(16-11)17-13/h2-3,6,8,17H,4-5,7,13H2,1H3,(H,14,20). The summed E-state index contributed by atoms with van der Waals surface area (Å²) in [6.45, 7) is 1.40. The maximum Gasteiger partial charge on any atom is 0.244 e. The molecule has 1 amide bonds. The molecule has 0 spiro atoms. The maximum absolute atomic E-state index is 12.1. The van der Waals surface area contributed by atoms with Crippen LogP contribution in [0.4, 0.5) is 11.6 Å². The molecule has 1 fully saturated rings. The lowest BCUT2D eigenvalue weighted by atomic mass is 10.2. The number of nitrogens with one attached hydrogen (secondary N) is 2. The predicted octanol–water partition coefficient (Wildman–Crippen LogP) is -1.03. The lowest BCUT2D eigenvalue weighted by Gasteiger charge is -2.35. The lowest BCUT2D eigenvalue weighted by Crippen LogP contribution is -2.53. The van der Waals surface area contributed by atoms with Crippen molar-refractivity contribution in [3.05, 3.63) is 18.6 Å². The summed E-state index contributed by atoms with van der Waals surface area (Å²) >= 11 is 0. The molecule has 21 heavy (non-hydrogen) atoms. The van der Waals surface area contributed by atoms with Crippen molar-refractivity contribution in [1.29, 1.82) is 0 Å². The molecule has 3 heterocycles. The number of rotatable bonds is 3. The third kappa shape index (κ3) is 2.36. The van der Waals surface area contributed by atoms with Gasteiger partial charge in [-0.1, -0.05) is 0 Å². The number of hydrazine groups is 1. The Hall–Kier alpha value is -2.39. The second kappa shape index (κ2) is 5.54. The molecule has 3 rings (SSSR count). The van der Waals surface area contributed by atoms with Crippen molar-refractivity contribution in [2.75, 3.05) is 37.1 Å². The Kier molecular flexibility index (Phi) is 3.59. The average molecular weight is 291 g/mol. The first-order chi connectivity index (χ1) is 10.2. The van der Waals surface area contributed by atoms with Crippen LogP contribution in [0.1, 0.15) is 0 Å². The normalized spacial score (nSPS) is 18.8. The molecule has 112 valence electrons. The Bertz CT molecular complexity index is 656. The Morgan fingerprint density at radius 2 is 2.43 bits per heavy atom. The molecule has 0 aromatic carbocycles. The van der Waals surface area contributed by atoms with E-state index in [-0.39, 0.29) is 5.91 Å². The first kappa shape index (κ1) is 13.6. The van der Waals surface area contributed by atoms with Gasteiger partial charge in [0.1, 0.15) is 6.04 Å². The summed E-state index contributed by atoms with van der Waals surface area (Å²) in [6.07, 6.45) is 5.22. The molecule has 9 nitrogen and oxygen atoms in total. The van der Waals surface area contributed by atoms with Crippen molar-refractivity contribution in [3.8, 4) is 0 Å². The summed E-state index contributed by atoms with van der Waals surface area (Å²) in [6, 6.07) is -0.440. The van der Waals surface area contributed by atoms with Crippen molar-refractivity contribution >= 4 is 23.2 Å². The summed E-state index contributed by atoms with van der Waals surface area (Å²) in [4.78, 5) is 22.7. The van der Waals surface area contributed by atoms with Crippen LogP contribution < -0.4 is 21.5 Å². The van der Waals surface area contributed by atoms with Gasteiger partial charge in [-0.3, -0.25) is 4.79 Å². The highest BCUT2D eigenvalue weighted by Crippen LogP contribution is 2.24. The van der Waals surface area contributed by atoms with E-state index in [1.807, 2.05) is 9.30 Å². The number of likely N-dealkylation sites (N-methyl/N-ethyl adjacent to an activating group) is 1. The number of nitrogens with two attached hydrogens (primary N) is 1. The fourth-order valence-corrected chi connectivity index (χ4v) is 2.42. The van der Waals surface area contributed by atoms with Gasteiger partial charge in [0.15, 0.2) is 17.3 Å². The number of amides is 1. The smallest absolute Gasteiger partial charge is 0.244 e. The number of ether oxygens (including phenoxy) is 1. The number of hydrogen-bond donors (Lipinski definition) is 3. The summed E-state index contributed by atoms with van der Waals surface area (Å²) in [5.41, 5.74) is 3.20. The van der Waals surface area contributed by atoms with Crippen LogP contribution in [-0.4, -0.2) is 53.1 Å². The van der Waals surface area contributed by atoms with Crippen molar-refractivity contribution in [2.24, 2.45) is 5.84 Å². The largest absolute Gasteiger partial charge is 0.377 e. The number of nitrogen functional groups attached to an aromatic ring is 1. The van der Waals surface area contributed by atoms with E-state index in [9.17, 15) is 4.79 Å². The zero-order chi connectivity index (χ0) is 14.8. The van der Waals surface area contributed by atoms with Gasteiger partial charge < -0.3 is 24.8 Å². The first-order valence-corrected chi connectivity index (χ1v) is 6.61. The van der Waals surface area contributed by atoms with E-state index in [2.05, 4.69) is 20.7 Å². The highest BCUT2D eigenvalue weighted by molar-refractivity contribution is 5.86. The number of aromatic nitrogens is 3. The molecule has 9 heteroatoms. The minimum Gasteiger partial charge on any atom is -0.377 e. The molecule has 2 aromatic heterocycles. The van der Waals surface area contributed by atoms with Gasteiger partial charge in [0.05, 0.1) is 19.4 Å². The number of nitrogens with zero attached hydrogens (tertiary/aromatic N) is 4. The molecular formula is C12H17N7O2. The van der Waals surface area contributed by atoms with Crippen LogP contribution in [0.25, 0.3) is 5.65 Å². The zero-order valence-electron chi connectivity index (χ0n) is 11.6. The van der Waals surface area contributed by atoms with E-state index >= 15 is 0 Å². The summed E-state index contributed by atoms with van der Waals surface area (Å²) < 4.78 is 7.22. The van der Waals surface area contributed by atoms with E-state index in [0.717, 1.165) is 0 Å². The predicted molar refractivity (Wildman–Crippen MR) is 76.8 cm³/mol. The fourth-order valence-electron chi connectivity index (χ4n) is 2.42. The molecule has 1 aliphatic heterocycles. The van der Waals surface area contributed by atoms with Crippen LogP contribution in [0.2, 0.25) is 0 Å². The fraction of sp³-hybridized carbons (Fsp3) is 0.417. The molecular weight excluding hydrogens is 274 g/mol. The van der Waals surface area contributed by atoms with Crippen molar-refractivity contribution < 1.29 is 9.53 Å². The van der Waals surface area contributed by atoms with Crippen LogP contribution in [0, 0.1) is 0 Å². The Morgan fingerprint density at radius 3 is 3.19 bits per heavy atom. The molecule has 4 N–H and O–H groups in total. The second-order valence-corrected chi connectivity index (χ2v) is 4.65. The first-order valence-electron chi connectivity index (χ1n) is 6.61. The SMILES string of the molecule is CNC(=O)C1COCCN1c1nc(NN)cn2ccnc12. The molecule has 0 radical (unpaired) electrons. The van der Waals surface area contributed by atoms with E-state index in [1.54, 1.807) is 25.6 Å². The highest BCUT2D eigenvalue weighted by Gasteiger charge is 2.31. The third-order valence-corrected chi connectivity index (χ3v) is 3.45. The Morgan fingerprint density at radius 1 is 1.57 bits per heavy atom. The Balaban J connectivity index is 2.08. The van der Waals surface area contributed by atoms with E-state index in [4.69, 9.17) is 10.6 Å². The van der Waals surface area contributed by atoms with E-state index in [1.165, 1.54) is 0 Å². The van der Waals surface area contributed by atoms with Gasteiger partial charge in [-0.05, 0) is 0 Å². The molecule has 1 aliphatic rings. The molecule has 0 bridgehead atoms. The van der Waals surface area contributed by atoms with Gasteiger partial charge in [-0.25, -0.2) is 15.8 Å². The van der Waals surface area contributed by atoms with Gasteiger partial charge in [0, 0.05) is 26.0 Å². The molecule has 2 aromatic rings. The quantitative estimate of drug-likeness (QED) is 0.490. The number of carbonyl (C=O) groups is 1. The van der Waals surface area contributed by atoms with Crippen LogP contribution in [0.3, 0.4) is 0 Å². The number of morpholine rings is 1. The monoisotopic (exact) mass is 291 g/mol. The van der Waals surface area contributed by atoms with E-state index in [0.29, 0.717) is 37.0 Å². The minimum absolute atomic E-state index is 0.118. The van der Waals surface area contributed by atoms with Crippen molar-refractivity contribution in [2.45, 2.75) is 6.04 Å². The molecule has 1 unspecified atom stereocenters. The van der Waals surface area contributed by atoms with Gasteiger partial charge in [-0.15, -0.1) is 0 Å². The maximum atomic E-state index is 12.1. The molecule has 1 saturated heterocycles. The van der Waals surface area contributed by atoms with E-state index < -0.39 is 6.04 Å². The third-order valence-electron chi connectivity index (χ3n) is 3.45. The lowest BCUT2D eigenvalue weighted by molar-refractivity contribution is -0.124. The molecule has 0 saturated carbocycles. The van der Waals surface area contributed by atoms with Gasteiger partial charge >= 0.3 is 0 Å². The van der Waals surface area contributed by atoms with Crippen molar-refractivity contribution in [3.63, 3.8) is 0 Å². The van der Waals surface area contributed by atoms with Crippen LogP contribution >= 0.6 is 0 Å². The van der Waals surface area contributed by atoms with Crippen LogP contribution in [0.15, 0.2) is 18.6 Å². The topological polar surface area (TPSA) is 110 Å². The summed E-state index contributed by atoms with van der Waals surface area (Å²) in [7, 11) is 1.60. The highest BCUT2D eigenvalue weighted by atomic mass is 16.5. The van der Waals surface area contributed by atoms with Gasteiger partial charge in [0.25, 0.3) is 0 Å². The number of anilines is 2. The summed E-state index contributed by atoms with van der Waals surface area (Å²) in [5, 5.41) is 2.65. The van der Waals surface area contributed by atoms with Crippen LogP contribution in [0.5, 0.6) is 0 Å². The molecule has 0 aliphatic carbocycles. The van der Waals surface area contributed by atoms with Gasteiger partial charge in [-0.2, -0.15) is 0 Å². The molecule has 1 atom stereocenters. The summed E-state index contributed by atoms with van der Waals surface area (Å²) in [5.74, 6) is 6.44. The second-order valence-electron chi connectivity index (χ2n) is 4.65. The van der Waals surface area contributed by atoms with Crippen LogP contribution in [-0.2, 0) is 9.53 Å². The number of imidazole rings is 1. The van der Waals surface area contributed by atoms with Gasteiger partial charge in [0.2, 0.25) is 5.91 Å². The average Bonchev–Trinajstić information content (AvgIpc) is 3.01.